The zero-order valence-electron chi connectivity index (χ0n) is 19.8. The molecule has 0 aliphatic carbocycles. The van der Waals surface area contributed by atoms with Gasteiger partial charge < -0.3 is 14.3 Å². The van der Waals surface area contributed by atoms with Gasteiger partial charge in [-0.05, 0) is 64.9 Å². The number of nitrogens with one attached hydrogen (secondary N) is 1. The van der Waals surface area contributed by atoms with Crippen molar-refractivity contribution in [3.05, 3.63) is 69.4 Å². The molecular formula is C25H30N6O2. The molecule has 0 fully saturated rings. The maximum absolute atomic E-state index is 12.3. The molecule has 0 unspecified atom stereocenters. The summed E-state index contributed by atoms with van der Waals surface area (Å²) in [6.45, 7) is 10.6. The lowest BCUT2D eigenvalue weighted by atomic mass is 10.1. The highest BCUT2D eigenvalue weighted by Gasteiger charge is 2.19. The molecule has 0 amide bonds. The smallest absolute Gasteiger partial charge is 0.268 e. The summed E-state index contributed by atoms with van der Waals surface area (Å²) in [5.74, 6) is 0.750. The van der Waals surface area contributed by atoms with Crippen molar-refractivity contribution >= 4 is 0 Å². The Balaban J connectivity index is 0.00000324. The summed E-state index contributed by atoms with van der Waals surface area (Å²) >= 11 is 0. The Bertz CT molecular complexity index is 1380. The van der Waals surface area contributed by atoms with Crippen LogP contribution >= 0.6 is 0 Å². The number of hydrogen-bond acceptors (Lipinski definition) is 7. The molecule has 1 aromatic carbocycles. The number of aryl methyl sites for hydroxylation is 2. The van der Waals surface area contributed by atoms with Crippen molar-refractivity contribution in [3.63, 3.8) is 0 Å². The van der Waals surface area contributed by atoms with Crippen molar-refractivity contribution in [1.82, 2.24) is 30.0 Å². The minimum atomic E-state index is -0.0378. The summed E-state index contributed by atoms with van der Waals surface area (Å²) in [6, 6.07) is 9.53. The normalized spacial score (nSPS) is 11.4. The molecule has 8 nitrogen and oxygen atoms in total. The Morgan fingerprint density at radius 1 is 1.06 bits per heavy atom. The molecule has 0 saturated heterocycles. The first-order valence-electron chi connectivity index (χ1n) is 10.9. The van der Waals surface area contributed by atoms with E-state index in [9.17, 15) is 4.79 Å². The van der Waals surface area contributed by atoms with E-state index in [2.05, 4.69) is 26.6 Å². The summed E-state index contributed by atoms with van der Waals surface area (Å²) in [5.41, 5.74) is 6.63. The van der Waals surface area contributed by atoms with Gasteiger partial charge in [0.2, 0.25) is 5.89 Å². The second kappa shape index (κ2) is 9.07. The van der Waals surface area contributed by atoms with Crippen LogP contribution in [0.4, 0.5) is 0 Å². The zero-order valence-corrected chi connectivity index (χ0v) is 19.8. The molecule has 0 spiro atoms. The molecule has 172 valence electrons. The van der Waals surface area contributed by atoms with Crippen LogP contribution in [0.15, 0.2) is 45.7 Å². The Labute approximate surface area is 194 Å². The van der Waals surface area contributed by atoms with E-state index in [0.29, 0.717) is 28.9 Å². The molecule has 0 atom stereocenters. The summed E-state index contributed by atoms with van der Waals surface area (Å²) in [4.78, 5) is 21.6. The van der Waals surface area contributed by atoms with Gasteiger partial charge in [0.05, 0.1) is 17.6 Å². The highest BCUT2D eigenvalue weighted by Crippen LogP contribution is 2.29. The van der Waals surface area contributed by atoms with Crippen LogP contribution in [0.2, 0.25) is 0 Å². The van der Waals surface area contributed by atoms with E-state index in [1.165, 1.54) is 5.56 Å². The van der Waals surface area contributed by atoms with Crippen LogP contribution in [0.1, 0.15) is 43.8 Å². The summed E-state index contributed by atoms with van der Waals surface area (Å²) in [5, 5.41) is 11.7. The molecule has 8 heteroatoms. The van der Waals surface area contributed by atoms with Crippen LogP contribution in [0.25, 0.3) is 34.3 Å². The van der Waals surface area contributed by atoms with E-state index in [4.69, 9.17) is 9.40 Å². The molecule has 33 heavy (non-hydrogen) atoms. The van der Waals surface area contributed by atoms with Crippen LogP contribution in [0.5, 0.6) is 0 Å². The lowest BCUT2D eigenvalue weighted by Gasteiger charge is -2.17. The maximum Gasteiger partial charge on any atom is 0.268 e. The largest absolute Gasteiger partial charge is 0.415 e. The Kier molecular flexibility index (Phi) is 6.20. The SMILES string of the molecule is CNCc1ccc(-c2nnc(-c3nc(-c4ccc(=O)n(C(C)C)c4C)cnc3C)o2)c(C)c1.[HH]. The number of pyridine rings is 1. The van der Waals surface area contributed by atoms with E-state index in [1.807, 2.05) is 53.8 Å². The monoisotopic (exact) mass is 446 g/mol. The first-order valence-corrected chi connectivity index (χ1v) is 10.9. The molecule has 3 heterocycles. The number of aromatic nitrogens is 5. The molecule has 0 saturated carbocycles. The number of rotatable bonds is 6. The number of nitrogens with zero attached hydrogens (tertiary/aromatic N) is 5. The topological polar surface area (TPSA) is 98.7 Å². The first kappa shape index (κ1) is 22.5. The van der Waals surface area contributed by atoms with Crippen LogP contribution in [-0.4, -0.2) is 31.8 Å². The molecule has 0 aliphatic heterocycles. The fourth-order valence-electron chi connectivity index (χ4n) is 4.05. The lowest BCUT2D eigenvalue weighted by Crippen LogP contribution is -2.23. The second-order valence-corrected chi connectivity index (χ2v) is 8.42. The maximum atomic E-state index is 12.3. The van der Waals surface area contributed by atoms with Gasteiger partial charge in [-0.15, -0.1) is 10.2 Å². The predicted molar refractivity (Wildman–Crippen MR) is 130 cm³/mol. The second-order valence-electron chi connectivity index (χ2n) is 8.42. The van der Waals surface area contributed by atoms with Crippen molar-refractivity contribution in [2.45, 2.75) is 47.2 Å². The molecule has 0 aliphatic rings. The third-order valence-electron chi connectivity index (χ3n) is 5.66. The van der Waals surface area contributed by atoms with E-state index >= 15 is 0 Å². The minimum absolute atomic E-state index is 0. The zero-order chi connectivity index (χ0) is 23.7. The van der Waals surface area contributed by atoms with Crippen LogP contribution in [0.3, 0.4) is 0 Å². The fraction of sp³-hybridized carbons (Fsp3) is 0.320. The Morgan fingerprint density at radius 2 is 1.79 bits per heavy atom. The fourth-order valence-corrected chi connectivity index (χ4v) is 4.05. The molecular weight excluding hydrogens is 416 g/mol. The Hall–Kier alpha value is -3.65. The van der Waals surface area contributed by atoms with Crippen LogP contribution < -0.4 is 10.9 Å². The van der Waals surface area contributed by atoms with Crippen molar-refractivity contribution in [2.75, 3.05) is 7.05 Å². The molecule has 4 aromatic rings. The van der Waals surface area contributed by atoms with Gasteiger partial charge in [-0.3, -0.25) is 9.78 Å². The molecule has 4 rings (SSSR count). The minimum Gasteiger partial charge on any atom is -0.415 e. The van der Waals surface area contributed by atoms with E-state index < -0.39 is 0 Å². The molecule has 3 aromatic heterocycles. The van der Waals surface area contributed by atoms with Gasteiger partial charge in [0.15, 0.2) is 0 Å². The van der Waals surface area contributed by atoms with E-state index in [1.54, 1.807) is 22.9 Å². The van der Waals surface area contributed by atoms with Crippen molar-refractivity contribution in [3.8, 4) is 34.3 Å². The lowest BCUT2D eigenvalue weighted by molar-refractivity contribution is 0.563. The van der Waals surface area contributed by atoms with E-state index in [-0.39, 0.29) is 13.0 Å². The summed E-state index contributed by atoms with van der Waals surface area (Å²) in [7, 11) is 1.92. The van der Waals surface area contributed by atoms with Crippen molar-refractivity contribution in [1.29, 1.82) is 0 Å². The summed E-state index contributed by atoms with van der Waals surface area (Å²) < 4.78 is 7.78. The van der Waals surface area contributed by atoms with Gasteiger partial charge in [-0.2, -0.15) is 0 Å². The van der Waals surface area contributed by atoms with Crippen LogP contribution in [0, 0.1) is 20.8 Å². The summed E-state index contributed by atoms with van der Waals surface area (Å²) in [6.07, 6.45) is 1.71. The van der Waals surface area contributed by atoms with Crippen LogP contribution in [-0.2, 0) is 6.54 Å². The predicted octanol–water partition coefficient (Wildman–Crippen LogP) is 4.49. The van der Waals surface area contributed by atoms with Gasteiger partial charge in [0.25, 0.3) is 11.4 Å². The van der Waals surface area contributed by atoms with Crippen molar-refractivity contribution in [2.24, 2.45) is 0 Å². The Morgan fingerprint density at radius 3 is 2.48 bits per heavy atom. The number of hydrogen-bond donors (Lipinski definition) is 1. The average molecular weight is 447 g/mol. The molecule has 1 N–H and O–H groups in total. The van der Waals surface area contributed by atoms with Gasteiger partial charge in [0.1, 0.15) is 5.69 Å². The van der Waals surface area contributed by atoms with Crippen molar-refractivity contribution < 1.29 is 5.84 Å². The molecule has 0 bridgehead atoms. The number of benzene rings is 1. The first-order chi connectivity index (χ1) is 15.8. The van der Waals surface area contributed by atoms with Gasteiger partial charge in [-0.25, -0.2) is 4.98 Å². The standard InChI is InChI=1S/C25H28N6O2.H2/c1-14(2)31-17(5)20(9-10-22(31)32)21-13-27-16(4)23(28-21)25-30-29-24(33-25)19-8-7-18(12-26-6)11-15(19)3;/h7-11,13-14,26H,12H2,1-6H3;1H. The van der Waals surface area contributed by atoms with Gasteiger partial charge in [-0.1, -0.05) is 12.1 Å². The third-order valence-corrected chi connectivity index (χ3v) is 5.66. The highest BCUT2D eigenvalue weighted by atomic mass is 16.4. The molecule has 0 radical (unpaired) electrons. The highest BCUT2D eigenvalue weighted by molar-refractivity contribution is 5.65. The quantitative estimate of drug-likeness (QED) is 0.466. The average Bonchev–Trinajstić information content (AvgIpc) is 3.24. The van der Waals surface area contributed by atoms with Gasteiger partial charge in [0, 0.05) is 36.9 Å². The van der Waals surface area contributed by atoms with E-state index in [0.717, 1.165) is 28.9 Å². The third kappa shape index (κ3) is 4.34. The van der Waals surface area contributed by atoms with Gasteiger partial charge >= 0.3 is 0 Å².